The summed E-state index contributed by atoms with van der Waals surface area (Å²) in [6.45, 7) is 8.05. The minimum atomic E-state index is -0.560. The lowest BCUT2D eigenvalue weighted by Crippen LogP contribution is -2.57. The molecule has 5 amide bonds. The SMILES string of the molecule is CN(C)C(=O)c1cc2cnc(Nc3ccc(C(=O)N4CC5CCC(C4)N5)cn3)nc2n1[C@@H]1C[C@H]2CC[C@@H]1C2.CN(C)C(=O)c1cc2cnc(Nc3ccc(C(=O)N4CC5CCC(C4)N5C(=O)OC(C)(C)C)cn3)nc2n1[C@@H]1C[C@H]2CC[C@@H]1C2. The van der Waals surface area contributed by atoms with Crippen molar-refractivity contribution < 1.29 is 28.7 Å². The van der Waals surface area contributed by atoms with Crippen LogP contribution in [-0.4, -0.2) is 177 Å². The van der Waals surface area contributed by atoms with Gasteiger partial charge in [-0.25, -0.2) is 24.7 Å². The third-order valence-electron chi connectivity index (χ3n) is 18.8. The molecule has 4 saturated heterocycles. The predicted octanol–water partition coefficient (Wildman–Crippen LogP) is 8.07. The Kier molecular flexibility index (Phi) is 14.1. The molecule has 436 valence electrons. The number of likely N-dealkylation sites (tertiary alicyclic amines) is 2. The van der Waals surface area contributed by atoms with Gasteiger partial charge in [-0.15, -0.1) is 0 Å². The molecule has 8 bridgehead atoms. The summed E-state index contributed by atoms with van der Waals surface area (Å²) in [6, 6.07) is 12.2. The summed E-state index contributed by atoms with van der Waals surface area (Å²) in [5.74, 6) is 4.39. The number of nitrogens with one attached hydrogen (secondary N) is 3. The van der Waals surface area contributed by atoms with Crippen LogP contribution in [0.4, 0.5) is 28.3 Å². The number of carbonyl (C=O) groups excluding carboxylic acids is 5. The van der Waals surface area contributed by atoms with E-state index in [-0.39, 0.29) is 53.9 Å². The van der Waals surface area contributed by atoms with Crippen molar-refractivity contribution in [3.63, 3.8) is 0 Å². The van der Waals surface area contributed by atoms with Gasteiger partial charge in [-0.3, -0.25) is 24.1 Å². The number of nitrogens with zero attached hydrogens (tertiary/aromatic N) is 13. The molecule has 8 fully saturated rings. The fraction of sp³-hybridized carbons (Fsp3) is 0.557. The van der Waals surface area contributed by atoms with E-state index < -0.39 is 5.60 Å². The van der Waals surface area contributed by atoms with Gasteiger partial charge in [0.25, 0.3) is 23.6 Å². The van der Waals surface area contributed by atoms with Crippen LogP contribution in [0, 0.1) is 23.7 Å². The zero-order valence-corrected chi connectivity index (χ0v) is 48.6. The quantitative estimate of drug-likeness (QED) is 0.118. The van der Waals surface area contributed by atoms with Gasteiger partial charge >= 0.3 is 6.09 Å². The summed E-state index contributed by atoms with van der Waals surface area (Å²) in [6.07, 6.45) is 20.0. The molecule has 4 saturated carbocycles. The van der Waals surface area contributed by atoms with Gasteiger partial charge < -0.3 is 49.4 Å². The van der Waals surface area contributed by atoms with Crippen molar-refractivity contribution in [2.45, 2.75) is 140 Å². The topological polar surface area (TPSA) is 234 Å². The van der Waals surface area contributed by atoms with E-state index in [4.69, 9.17) is 14.7 Å². The molecule has 10 atom stereocenters. The summed E-state index contributed by atoms with van der Waals surface area (Å²) in [4.78, 5) is 102. The molecule has 3 N–H and O–H groups in total. The minimum absolute atomic E-state index is 0.0142. The van der Waals surface area contributed by atoms with Gasteiger partial charge in [-0.2, -0.15) is 9.97 Å². The van der Waals surface area contributed by atoms with Gasteiger partial charge in [-0.1, -0.05) is 12.8 Å². The van der Waals surface area contributed by atoms with Crippen molar-refractivity contribution in [2.24, 2.45) is 23.7 Å². The molecule has 0 radical (unpaired) electrons. The zero-order valence-electron chi connectivity index (χ0n) is 48.6. The molecule has 6 aromatic rings. The number of carbonyl (C=O) groups is 5. The molecular weight excluding hydrogens is 1050 g/mol. The first-order valence-electron chi connectivity index (χ1n) is 29.9. The third-order valence-corrected chi connectivity index (χ3v) is 18.8. The van der Waals surface area contributed by atoms with Crippen LogP contribution in [0.2, 0.25) is 0 Å². The molecule has 83 heavy (non-hydrogen) atoms. The Morgan fingerprint density at radius 1 is 0.566 bits per heavy atom. The van der Waals surface area contributed by atoms with Crippen molar-refractivity contribution in [2.75, 3.05) is 65.0 Å². The van der Waals surface area contributed by atoms with E-state index >= 15 is 0 Å². The lowest BCUT2D eigenvalue weighted by Gasteiger charge is -2.41. The van der Waals surface area contributed by atoms with Crippen LogP contribution in [0.1, 0.15) is 152 Å². The summed E-state index contributed by atoms with van der Waals surface area (Å²) >= 11 is 0. The van der Waals surface area contributed by atoms with E-state index in [9.17, 15) is 24.0 Å². The number of amides is 5. The third kappa shape index (κ3) is 10.6. The summed E-state index contributed by atoms with van der Waals surface area (Å²) < 4.78 is 9.95. The average molecular weight is 1130 g/mol. The molecule has 4 unspecified atom stereocenters. The van der Waals surface area contributed by atoms with Crippen molar-refractivity contribution in [3.05, 3.63) is 83.7 Å². The van der Waals surface area contributed by atoms with Gasteiger partial charge in [0.05, 0.1) is 23.2 Å². The molecular formula is C61H76N16O6. The Morgan fingerprint density at radius 3 is 1.41 bits per heavy atom. The summed E-state index contributed by atoms with van der Waals surface area (Å²) in [5, 5.41) is 11.7. The van der Waals surface area contributed by atoms with Crippen molar-refractivity contribution in [3.8, 4) is 0 Å². The van der Waals surface area contributed by atoms with Crippen LogP contribution >= 0.6 is 0 Å². The Bertz CT molecular complexity index is 3470. The van der Waals surface area contributed by atoms with E-state index in [0.717, 1.165) is 79.6 Å². The van der Waals surface area contributed by atoms with E-state index in [0.29, 0.717) is 89.0 Å². The lowest BCUT2D eigenvalue weighted by molar-refractivity contribution is -0.00337. The van der Waals surface area contributed by atoms with Crippen LogP contribution in [0.25, 0.3) is 22.1 Å². The first kappa shape index (κ1) is 54.5. The maximum atomic E-state index is 13.4. The molecule has 22 nitrogen and oxygen atoms in total. The number of hydrogen-bond donors (Lipinski definition) is 3. The smallest absolute Gasteiger partial charge is 0.410 e. The van der Waals surface area contributed by atoms with Gasteiger partial charge in [0.1, 0.15) is 39.9 Å². The molecule has 10 heterocycles. The Morgan fingerprint density at radius 2 is 1.02 bits per heavy atom. The number of rotatable bonds is 10. The monoisotopic (exact) mass is 1130 g/mol. The van der Waals surface area contributed by atoms with Gasteiger partial charge in [0.15, 0.2) is 0 Å². The predicted molar refractivity (Wildman–Crippen MR) is 312 cm³/mol. The van der Waals surface area contributed by atoms with E-state index in [1.165, 1.54) is 38.5 Å². The first-order valence-corrected chi connectivity index (χ1v) is 29.9. The van der Waals surface area contributed by atoms with Crippen molar-refractivity contribution in [1.82, 2.24) is 68.9 Å². The highest BCUT2D eigenvalue weighted by atomic mass is 16.6. The maximum Gasteiger partial charge on any atom is 0.410 e. The van der Waals surface area contributed by atoms with Crippen LogP contribution in [-0.2, 0) is 4.74 Å². The Balaban J connectivity index is 0.000000157. The van der Waals surface area contributed by atoms with Crippen LogP contribution < -0.4 is 16.0 Å². The Labute approximate surface area is 483 Å². The largest absolute Gasteiger partial charge is 0.444 e. The van der Waals surface area contributed by atoms with Gasteiger partial charge in [0.2, 0.25) is 11.9 Å². The highest BCUT2D eigenvalue weighted by Gasteiger charge is 2.47. The molecule has 4 aliphatic heterocycles. The first-order chi connectivity index (χ1) is 39.9. The van der Waals surface area contributed by atoms with Crippen LogP contribution in [0.5, 0.6) is 0 Å². The molecule has 4 aliphatic carbocycles. The molecule has 14 rings (SSSR count). The molecule has 0 aromatic carbocycles. The molecule has 22 heteroatoms. The number of anilines is 4. The van der Waals surface area contributed by atoms with Crippen LogP contribution in [0.15, 0.2) is 61.2 Å². The fourth-order valence-electron chi connectivity index (χ4n) is 15.1. The average Bonchev–Trinajstić information content (AvgIpc) is 3.91. The minimum Gasteiger partial charge on any atom is -0.444 e. The van der Waals surface area contributed by atoms with Crippen molar-refractivity contribution in [1.29, 1.82) is 0 Å². The number of ether oxygens (including phenoxy) is 1. The second-order valence-electron chi connectivity index (χ2n) is 26.1. The Hall–Kier alpha value is -7.75. The number of aromatic nitrogens is 8. The number of hydrogen-bond acceptors (Lipinski definition) is 15. The molecule has 8 aliphatic rings. The second-order valence-corrected chi connectivity index (χ2v) is 26.1. The summed E-state index contributed by atoms with van der Waals surface area (Å²) in [5.41, 5.74) is 3.38. The van der Waals surface area contributed by atoms with Crippen molar-refractivity contribution >= 4 is 75.3 Å². The van der Waals surface area contributed by atoms with Gasteiger partial charge in [0, 0.05) is 114 Å². The second kappa shape index (κ2) is 21.5. The fourth-order valence-corrected chi connectivity index (χ4v) is 15.1. The number of pyridine rings is 2. The zero-order chi connectivity index (χ0) is 57.6. The highest BCUT2D eigenvalue weighted by Crippen LogP contribution is 2.53. The van der Waals surface area contributed by atoms with E-state index in [2.05, 4.69) is 45.0 Å². The van der Waals surface area contributed by atoms with Gasteiger partial charge in [-0.05, 0) is 145 Å². The lowest BCUT2D eigenvalue weighted by atomic mass is 9.95. The normalized spacial score (nSPS) is 26.6. The van der Waals surface area contributed by atoms with E-state index in [1.807, 2.05) is 53.7 Å². The standard InChI is InChI=1S/C33H42N8O4.C28H34N8O2/c1-33(2,3)45-32(44)40-23-9-10-24(40)18-39(17-23)29(42)21-8-11-27(34-15-21)36-31-35-16-22-14-26(30(43)38(4)5)41(28(22)37-31)25-13-19-6-7-20(25)12-19;1-34(2)27(38)23-11-19-13-30-28(33-25(19)36(23)22-10-16-3-4-17(22)9-16)32-24-8-5-18(12-29-24)26(37)35-14-20-6-7-21(15-35)31-20/h8,11,14-16,19-20,23-25H,6-7,9-10,12-13,17-18H2,1-5H3,(H,34,35,36,37);5,8,11-13,16-17,20-22,31H,3-4,6-7,9-10,14-15H2,1-2H3,(H,29,30,32,33)/t19-,20+,23?,24?,25+;16-,17+,20?,21?,22+/m00/s1. The maximum absolute atomic E-state index is 13.4. The molecule has 0 spiro atoms. The number of fused-ring (bicyclic) bond motifs is 10. The summed E-state index contributed by atoms with van der Waals surface area (Å²) in [7, 11) is 7.13. The van der Waals surface area contributed by atoms with E-state index in [1.54, 1.807) is 81.0 Å². The molecule has 6 aromatic heterocycles. The highest BCUT2D eigenvalue weighted by molar-refractivity contribution is 5.99. The number of piperazine rings is 2. The van der Waals surface area contributed by atoms with Crippen LogP contribution in [0.3, 0.4) is 0 Å².